The summed E-state index contributed by atoms with van der Waals surface area (Å²) in [5.41, 5.74) is 0. The van der Waals surface area contributed by atoms with Crippen LogP contribution in [-0.4, -0.2) is 18.6 Å². The van der Waals surface area contributed by atoms with Crippen LogP contribution in [0.1, 0.15) is 25.1 Å². The number of hydrogen-bond donors (Lipinski definition) is 1. The largest absolute Gasteiger partial charge is 0.466 e. The first-order valence-electron chi connectivity index (χ1n) is 5.25. The van der Waals surface area contributed by atoms with Crippen LogP contribution in [0.4, 0.5) is 0 Å². The minimum atomic E-state index is -0.144. The molecular formula is C11H16BrNO2S. The van der Waals surface area contributed by atoms with Gasteiger partial charge in [-0.3, -0.25) is 4.79 Å². The summed E-state index contributed by atoms with van der Waals surface area (Å²) < 4.78 is 6.01. The van der Waals surface area contributed by atoms with Crippen molar-refractivity contribution in [1.82, 2.24) is 5.32 Å². The molecule has 0 spiro atoms. The van der Waals surface area contributed by atoms with Gasteiger partial charge in [0, 0.05) is 17.5 Å². The lowest BCUT2D eigenvalue weighted by atomic mass is 10.2. The number of carbonyl (C=O) groups is 1. The van der Waals surface area contributed by atoms with Crippen LogP contribution in [0.15, 0.2) is 15.9 Å². The van der Waals surface area contributed by atoms with Gasteiger partial charge >= 0.3 is 5.97 Å². The van der Waals surface area contributed by atoms with Crippen LogP contribution in [0.3, 0.4) is 0 Å². The van der Waals surface area contributed by atoms with Crippen LogP contribution in [0.25, 0.3) is 0 Å². The van der Waals surface area contributed by atoms with Crippen molar-refractivity contribution < 1.29 is 9.53 Å². The van der Waals surface area contributed by atoms with Crippen LogP contribution in [-0.2, 0) is 16.1 Å². The van der Waals surface area contributed by atoms with Gasteiger partial charge in [0.15, 0.2) is 0 Å². The van der Waals surface area contributed by atoms with E-state index >= 15 is 0 Å². The maximum Gasteiger partial charge on any atom is 0.307 e. The van der Waals surface area contributed by atoms with Gasteiger partial charge in [-0.05, 0) is 41.9 Å². The smallest absolute Gasteiger partial charge is 0.307 e. The van der Waals surface area contributed by atoms with E-state index in [0.29, 0.717) is 13.0 Å². The zero-order valence-electron chi connectivity index (χ0n) is 9.46. The third-order valence-corrected chi connectivity index (χ3v) is 3.66. The zero-order chi connectivity index (χ0) is 12.0. The standard InChI is InChI=1S/C11H16BrNO2S/c1-3-15-11(14)6-8(2)13-7-9-4-5-10(12)16-9/h4-5,8,13H,3,6-7H2,1-2H3. The molecule has 0 aliphatic carbocycles. The molecule has 1 atom stereocenters. The van der Waals surface area contributed by atoms with Gasteiger partial charge < -0.3 is 10.1 Å². The van der Waals surface area contributed by atoms with Crippen LogP contribution in [0.5, 0.6) is 0 Å². The molecule has 1 aromatic heterocycles. The van der Waals surface area contributed by atoms with E-state index in [-0.39, 0.29) is 12.0 Å². The van der Waals surface area contributed by atoms with Crippen LogP contribution in [0, 0.1) is 0 Å². The summed E-state index contributed by atoms with van der Waals surface area (Å²) in [4.78, 5) is 12.5. The molecule has 0 saturated heterocycles. The number of carbonyl (C=O) groups excluding carboxylic acids is 1. The average Bonchev–Trinajstić information content (AvgIpc) is 2.61. The Morgan fingerprint density at radius 2 is 2.38 bits per heavy atom. The van der Waals surface area contributed by atoms with E-state index in [2.05, 4.69) is 27.3 Å². The van der Waals surface area contributed by atoms with Crippen LogP contribution in [0.2, 0.25) is 0 Å². The summed E-state index contributed by atoms with van der Waals surface area (Å²) in [6.45, 7) is 5.04. The number of thiophene rings is 1. The van der Waals surface area contributed by atoms with E-state index in [4.69, 9.17) is 4.74 Å². The monoisotopic (exact) mass is 305 g/mol. The fourth-order valence-corrected chi connectivity index (χ4v) is 2.70. The van der Waals surface area contributed by atoms with Crippen LogP contribution >= 0.6 is 27.3 Å². The lowest BCUT2D eigenvalue weighted by molar-refractivity contribution is -0.143. The maximum atomic E-state index is 11.2. The molecule has 0 amide bonds. The summed E-state index contributed by atoms with van der Waals surface area (Å²) in [5.74, 6) is -0.144. The Kier molecular flexibility index (Phi) is 6.01. The third kappa shape index (κ3) is 5.09. The Labute approximate surface area is 108 Å². The highest BCUT2D eigenvalue weighted by Gasteiger charge is 2.09. The summed E-state index contributed by atoms with van der Waals surface area (Å²) in [7, 11) is 0. The molecule has 0 fully saturated rings. The topological polar surface area (TPSA) is 38.3 Å². The normalized spacial score (nSPS) is 12.4. The van der Waals surface area contributed by atoms with Gasteiger partial charge in [0.2, 0.25) is 0 Å². The Hall–Kier alpha value is -0.390. The molecule has 16 heavy (non-hydrogen) atoms. The van der Waals surface area contributed by atoms with E-state index in [1.807, 2.05) is 19.9 Å². The number of hydrogen-bond acceptors (Lipinski definition) is 4. The highest BCUT2D eigenvalue weighted by atomic mass is 79.9. The fraction of sp³-hybridized carbons (Fsp3) is 0.545. The number of ether oxygens (including phenoxy) is 1. The molecule has 3 nitrogen and oxygen atoms in total. The second-order valence-corrected chi connectivity index (χ2v) is 6.04. The molecule has 0 saturated carbocycles. The second kappa shape index (κ2) is 7.04. The molecule has 1 rings (SSSR count). The quantitative estimate of drug-likeness (QED) is 0.821. The van der Waals surface area contributed by atoms with Crippen molar-refractivity contribution in [1.29, 1.82) is 0 Å². The van der Waals surface area contributed by atoms with Gasteiger partial charge in [-0.15, -0.1) is 11.3 Å². The van der Waals surface area contributed by atoms with Crippen LogP contribution < -0.4 is 5.32 Å². The van der Waals surface area contributed by atoms with Gasteiger partial charge in [0.05, 0.1) is 16.8 Å². The molecule has 0 aromatic carbocycles. The Balaban J connectivity index is 2.24. The first-order chi connectivity index (χ1) is 7.61. The van der Waals surface area contributed by atoms with E-state index < -0.39 is 0 Å². The van der Waals surface area contributed by atoms with Crippen molar-refractivity contribution in [2.45, 2.75) is 32.9 Å². The Morgan fingerprint density at radius 1 is 1.62 bits per heavy atom. The molecule has 1 unspecified atom stereocenters. The number of halogens is 1. The fourth-order valence-electron chi connectivity index (χ4n) is 1.26. The van der Waals surface area contributed by atoms with E-state index in [1.165, 1.54) is 4.88 Å². The SMILES string of the molecule is CCOC(=O)CC(C)NCc1ccc(Br)s1. The molecule has 1 aromatic rings. The first kappa shape index (κ1) is 13.7. The summed E-state index contributed by atoms with van der Waals surface area (Å²) >= 11 is 5.11. The molecule has 0 radical (unpaired) electrons. The average molecular weight is 306 g/mol. The van der Waals surface area contributed by atoms with Crippen molar-refractivity contribution in [3.8, 4) is 0 Å². The van der Waals surface area contributed by atoms with E-state index in [0.717, 1.165) is 10.3 Å². The summed E-state index contributed by atoms with van der Waals surface area (Å²) in [6, 6.07) is 4.23. The summed E-state index contributed by atoms with van der Waals surface area (Å²) in [5, 5.41) is 3.29. The molecule has 90 valence electrons. The second-order valence-electron chi connectivity index (χ2n) is 3.50. The highest BCUT2D eigenvalue weighted by molar-refractivity contribution is 9.11. The van der Waals surface area contributed by atoms with Crippen molar-refractivity contribution >= 4 is 33.2 Å². The number of esters is 1. The third-order valence-electron chi connectivity index (χ3n) is 2.03. The number of nitrogens with one attached hydrogen (secondary N) is 1. The van der Waals surface area contributed by atoms with Crippen molar-refractivity contribution in [3.05, 3.63) is 20.8 Å². The highest BCUT2D eigenvalue weighted by Crippen LogP contribution is 2.21. The lowest BCUT2D eigenvalue weighted by Crippen LogP contribution is -2.28. The molecule has 1 heterocycles. The van der Waals surface area contributed by atoms with E-state index in [1.54, 1.807) is 11.3 Å². The van der Waals surface area contributed by atoms with Crippen molar-refractivity contribution in [2.24, 2.45) is 0 Å². The van der Waals surface area contributed by atoms with Gasteiger partial charge in [0.1, 0.15) is 0 Å². The molecule has 0 aliphatic rings. The van der Waals surface area contributed by atoms with E-state index in [9.17, 15) is 4.79 Å². The van der Waals surface area contributed by atoms with Gasteiger partial charge in [-0.25, -0.2) is 0 Å². The molecular weight excluding hydrogens is 290 g/mol. The predicted octanol–water partition coefficient (Wildman–Crippen LogP) is 2.94. The Bertz CT molecular complexity index is 340. The maximum absolute atomic E-state index is 11.2. The van der Waals surface area contributed by atoms with Gasteiger partial charge in [-0.2, -0.15) is 0 Å². The lowest BCUT2D eigenvalue weighted by Gasteiger charge is -2.11. The minimum Gasteiger partial charge on any atom is -0.466 e. The zero-order valence-corrected chi connectivity index (χ0v) is 11.9. The minimum absolute atomic E-state index is 0.139. The summed E-state index contributed by atoms with van der Waals surface area (Å²) in [6.07, 6.45) is 0.417. The van der Waals surface area contributed by atoms with Gasteiger partial charge in [-0.1, -0.05) is 0 Å². The molecule has 0 bridgehead atoms. The molecule has 5 heteroatoms. The molecule has 0 aliphatic heterocycles. The molecule has 1 N–H and O–H groups in total. The van der Waals surface area contributed by atoms with Crippen molar-refractivity contribution in [3.63, 3.8) is 0 Å². The Morgan fingerprint density at radius 3 is 2.94 bits per heavy atom. The van der Waals surface area contributed by atoms with Gasteiger partial charge in [0.25, 0.3) is 0 Å². The first-order valence-corrected chi connectivity index (χ1v) is 6.86. The van der Waals surface area contributed by atoms with Crippen molar-refractivity contribution in [2.75, 3.05) is 6.61 Å². The predicted molar refractivity (Wildman–Crippen MR) is 69.6 cm³/mol. The number of rotatable bonds is 6.